The highest BCUT2D eigenvalue weighted by molar-refractivity contribution is 6.30. The van der Waals surface area contributed by atoms with E-state index in [0.717, 1.165) is 24.1 Å². The van der Waals surface area contributed by atoms with Crippen LogP contribution < -0.4 is 0 Å². The Bertz CT molecular complexity index is 1170. The number of halogens is 2. The molecule has 1 aromatic carbocycles. The first-order chi connectivity index (χ1) is 16.5. The van der Waals surface area contributed by atoms with Gasteiger partial charge in [-0.3, -0.25) is 19.6 Å². The quantitative estimate of drug-likeness (QED) is 0.517. The first-order valence-electron chi connectivity index (χ1n) is 11.2. The van der Waals surface area contributed by atoms with Crippen molar-refractivity contribution in [3.05, 3.63) is 88.5 Å². The Morgan fingerprint density at radius 2 is 1.68 bits per heavy atom. The molecule has 3 aromatic rings. The predicted octanol–water partition coefficient (Wildman–Crippen LogP) is 3.37. The van der Waals surface area contributed by atoms with Crippen molar-refractivity contribution in [2.75, 3.05) is 26.2 Å². The molecule has 7 nitrogen and oxygen atoms in total. The molecule has 2 aromatic heterocycles. The summed E-state index contributed by atoms with van der Waals surface area (Å²) in [4.78, 5) is 41.5. The number of hydrogen-bond acceptors (Lipinski definition) is 5. The maximum absolute atomic E-state index is 13.3. The summed E-state index contributed by atoms with van der Waals surface area (Å²) in [5, 5.41) is 0.231. The van der Waals surface area contributed by atoms with Gasteiger partial charge in [-0.05, 0) is 49.1 Å². The summed E-state index contributed by atoms with van der Waals surface area (Å²) in [6, 6.07) is 10.1. The van der Waals surface area contributed by atoms with Crippen LogP contribution in [0.1, 0.15) is 33.7 Å². The average molecular weight is 482 g/mol. The molecule has 0 aliphatic carbocycles. The number of pyridine rings is 1. The van der Waals surface area contributed by atoms with Crippen LogP contribution >= 0.6 is 11.6 Å². The molecule has 0 atom stereocenters. The molecule has 2 amide bonds. The minimum absolute atomic E-state index is 0.0714. The van der Waals surface area contributed by atoms with Crippen molar-refractivity contribution in [1.82, 2.24) is 24.8 Å². The number of rotatable bonds is 7. The number of amides is 2. The van der Waals surface area contributed by atoms with Gasteiger partial charge in [-0.2, -0.15) is 0 Å². The van der Waals surface area contributed by atoms with E-state index in [4.69, 9.17) is 11.6 Å². The van der Waals surface area contributed by atoms with Crippen LogP contribution in [0.5, 0.6) is 0 Å². The summed E-state index contributed by atoms with van der Waals surface area (Å²) >= 11 is 6.00. The Kier molecular flexibility index (Phi) is 7.80. The Balaban J connectivity index is 1.28. The molecule has 0 N–H and O–H groups in total. The number of carbonyl (C=O) groups is 2. The van der Waals surface area contributed by atoms with Crippen molar-refractivity contribution >= 4 is 23.4 Å². The number of carbonyl (C=O) groups excluding carboxylic acids is 2. The predicted molar refractivity (Wildman–Crippen MR) is 126 cm³/mol. The normalized spacial score (nSPS) is 13.7. The van der Waals surface area contributed by atoms with Crippen molar-refractivity contribution in [3.63, 3.8) is 0 Å². The lowest BCUT2D eigenvalue weighted by Crippen LogP contribution is -2.51. The van der Waals surface area contributed by atoms with Gasteiger partial charge in [-0.1, -0.05) is 23.7 Å². The lowest BCUT2D eigenvalue weighted by Gasteiger charge is -2.35. The summed E-state index contributed by atoms with van der Waals surface area (Å²) < 4.78 is 13.3. The Hall–Kier alpha value is -3.39. The van der Waals surface area contributed by atoms with E-state index in [0.29, 0.717) is 43.9 Å². The largest absolute Gasteiger partial charge is 0.339 e. The SMILES string of the molecule is O=C(Cc1nccnc1Cl)N1CCN(C(=O)c2ccnc(CCCc3cccc(F)c3)c2)CC1. The fraction of sp³-hybridized carbons (Fsp3) is 0.320. The Labute approximate surface area is 202 Å². The van der Waals surface area contributed by atoms with Gasteiger partial charge in [0, 0.05) is 56.0 Å². The smallest absolute Gasteiger partial charge is 0.254 e. The van der Waals surface area contributed by atoms with Crippen LogP contribution in [0, 0.1) is 5.82 Å². The second-order valence-corrected chi connectivity index (χ2v) is 8.52. The van der Waals surface area contributed by atoms with E-state index in [-0.39, 0.29) is 29.2 Å². The summed E-state index contributed by atoms with van der Waals surface area (Å²) in [5.74, 6) is -0.389. The molecular weight excluding hydrogens is 457 g/mol. The number of aromatic nitrogens is 3. The molecule has 9 heteroatoms. The molecule has 1 saturated heterocycles. The Morgan fingerprint density at radius 1 is 0.912 bits per heavy atom. The van der Waals surface area contributed by atoms with E-state index in [2.05, 4.69) is 15.0 Å². The standard InChI is InChI=1S/C25H25ClFN5O2/c26-24-22(29-9-10-30-24)17-23(33)31-11-13-32(14-12-31)25(34)19-7-8-28-21(16-19)6-2-4-18-3-1-5-20(27)15-18/h1,3,5,7-10,15-16H,2,4,6,11-14,17H2. The van der Waals surface area contributed by atoms with E-state index >= 15 is 0 Å². The maximum Gasteiger partial charge on any atom is 0.254 e. The highest BCUT2D eigenvalue weighted by Gasteiger charge is 2.25. The summed E-state index contributed by atoms with van der Waals surface area (Å²) in [5.41, 5.74) is 2.81. The van der Waals surface area contributed by atoms with E-state index < -0.39 is 0 Å². The molecule has 0 spiro atoms. The number of aryl methyl sites for hydroxylation is 2. The van der Waals surface area contributed by atoms with Gasteiger partial charge < -0.3 is 9.80 Å². The third-order valence-electron chi connectivity index (χ3n) is 5.81. The van der Waals surface area contributed by atoms with Crippen LogP contribution in [0.3, 0.4) is 0 Å². The third kappa shape index (κ3) is 6.14. The average Bonchev–Trinajstić information content (AvgIpc) is 2.85. The molecule has 1 aliphatic rings. The van der Waals surface area contributed by atoms with Crippen LogP contribution in [0.2, 0.25) is 5.15 Å². The zero-order valence-corrected chi connectivity index (χ0v) is 19.4. The molecule has 1 fully saturated rings. The monoisotopic (exact) mass is 481 g/mol. The number of nitrogens with zero attached hydrogens (tertiary/aromatic N) is 5. The van der Waals surface area contributed by atoms with E-state index in [1.165, 1.54) is 18.5 Å². The fourth-order valence-corrected chi connectivity index (χ4v) is 4.15. The summed E-state index contributed by atoms with van der Waals surface area (Å²) in [6.07, 6.45) is 6.98. The molecule has 0 radical (unpaired) electrons. The van der Waals surface area contributed by atoms with Crippen LogP contribution in [-0.2, 0) is 24.1 Å². The maximum atomic E-state index is 13.3. The lowest BCUT2D eigenvalue weighted by atomic mass is 10.1. The van der Waals surface area contributed by atoms with Crippen molar-refractivity contribution in [1.29, 1.82) is 0 Å². The Morgan fingerprint density at radius 3 is 2.44 bits per heavy atom. The van der Waals surface area contributed by atoms with E-state index in [9.17, 15) is 14.0 Å². The molecule has 176 valence electrons. The lowest BCUT2D eigenvalue weighted by molar-refractivity contribution is -0.132. The van der Waals surface area contributed by atoms with Gasteiger partial charge in [0.15, 0.2) is 5.15 Å². The van der Waals surface area contributed by atoms with Gasteiger partial charge in [-0.15, -0.1) is 0 Å². The number of hydrogen-bond donors (Lipinski definition) is 0. The zero-order chi connectivity index (χ0) is 23.9. The first kappa shape index (κ1) is 23.8. The van der Waals surface area contributed by atoms with Gasteiger partial charge in [0.1, 0.15) is 5.82 Å². The van der Waals surface area contributed by atoms with Crippen LogP contribution in [-0.4, -0.2) is 62.7 Å². The van der Waals surface area contributed by atoms with Crippen molar-refractivity contribution in [3.8, 4) is 0 Å². The van der Waals surface area contributed by atoms with Crippen LogP contribution in [0.15, 0.2) is 55.0 Å². The highest BCUT2D eigenvalue weighted by Crippen LogP contribution is 2.15. The van der Waals surface area contributed by atoms with Crippen molar-refractivity contribution in [2.45, 2.75) is 25.7 Å². The third-order valence-corrected chi connectivity index (χ3v) is 6.13. The molecule has 4 rings (SSSR count). The molecule has 0 bridgehead atoms. The second-order valence-electron chi connectivity index (χ2n) is 8.16. The molecule has 3 heterocycles. The van der Waals surface area contributed by atoms with Crippen LogP contribution in [0.4, 0.5) is 4.39 Å². The van der Waals surface area contributed by atoms with Crippen LogP contribution in [0.25, 0.3) is 0 Å². The number of benzene rings is 1. The van der Waals surface area contributed by atoms with Crippen molar-refractivity contribution in [2.24, 2.45) is 0 Å². The van der Waals surface area contributed by atoms with E-state index in [1.807, 2.05) is 12.1 Å². The highest BCUT2D eigenvalue weighted by atomic mass is 35.5. The van der Waals surface area contributed by atoms with Gasteiger partial charge in [0.2, 0.25) is 5.91 Å². The number of piperazine rings is 1. The summed E-state index contributed by atoms with van der Waals surface area (Å²) in [6.45, 7) is 1.81. The molecule has 1 aliphatic heterocycles. The van der Waals surface area contributed by atoms with Crippen molar-refractivity contribution < 1.29 is 14.0 Å². The summed E-state index contributed by atoms with van der Waals surface area (Å²) in [7, 11) is 0. The second kappa shape index (κ2) is 11.2. The topological polar surface area (TPSA) is 79.3 Å². The fourth-order valence-electron chi connectivity index (χ4n) is 3.98. The molecular formula is C25H25ClFN5O2. The molecule has 0 saturated carbocycles. The zero-order valence-electron chi connectivity index (χ0n) is 18.7. The minimum atomic E-state index is -0.234. The van der Waals surface area contributed by atoms with Gasteiger partial charge >= 0.3 is 0 Å². The van der Waals surface area contributed by atoms with E-state index in [1.54, 1.807) is 34.2 Å². The van der Waals surface area contributed by atoms with Gasteiger partial charge in [-0.25, -0.2) is 9.37 Å². The minimum Gasteiger partial charge on any atom is -0.339 e. The van der Waals surface area contributed by atoms with Gasteiger partial charge in [0.05, 0.1) is 12.1 Å². The molecule has 34 heavy (non-hydrogen) atoms. The van der Waals surface area contributed by atoms with Gasteiger partial charge in [0.25, 0.3) is 5.91 Å². The first-order valence-corrected chi connectivity index (χ1v) is 11.6. The molecule has 0 unspecified atom stereocenters.